The van der Waals surface area contributed by atoms with Crippen LogP contribution in [0.5, 0.6) is 11.5 Å². The Morgan fingerprint density at radius 1 is 1.22 bits per heavy atom. The van der Waals surface area contributed by atoms with Crippen LogP contribution >= 0.6 is 15.9 Å². The molecule has 0 fully saturated rings. The number of nitrogens with one attached hydrogen (secondary N) is 1. The molecule has 1 unspecified atom stereocenters. The molecule has 5 heteroatoms. The highest BCUT2D eigenvalue weighted by Gasteiger charge is 2.34. The molecule has 0 aliphatic carbocycles. The van der Waals surface area contributed by atoms with E-state index in [0.717, 1.165) is 32.5 Å². The van der Waals surface area contributed by atoms with Gasteiger partial charge in [-0.25, -0.2) is 0 Å². The van der Waals surface area contributed by atoms with Crippen LogP contribution in [0.25, 0.3) is 0 Å². The van der Waals surface area contributed by atoms with Gasteiger partial charge in [0.15, 0.2) is 6.61 Å². The second kappa shape index (κ2) is 7.55. The molecule has 1 atom stereocenters. The standard InChI is InChI=1S/C22H26BrNO3/c1-13-6-7-19-17(8-13)18(11-22(4,5)27-19)24-20(25)12-26-16-9-14(2)21(23)15(3)10-16/h6-10,18H,11-12H2,1-5H3,(H,24,25). The number of carbonyl (C=O) groups excluding carboxylic acids is 1. The van der Waals surface area contributed by atoms with Gasteiger partial charge in [-0.1, -0.05) is 33.6 Å². The molecule has 1 heterocycles. The monoisotopic (exact) mass is 431 g/mol. The molecule has 2 aromatic rings. The van der Waals surface area contributed by atoms with Gasteiger partial charge in [-0.05, 0) is 63.9 Å². The fourth-order valence-corrected chi connectivity index (χ4v) is 3.71. The van der Waals surface area contributed by atoms with E-state index in [0.29, 0.717) is 12.2 Å². The molecule has 0 radical (unpaired) electrons. The van der Waals surface area contributed by atoms with Crippen LogP contribution in [-0.4, -0.2) is 18.1 Å². The van der Waals surface area contributed by atoms with Gasteiger partial charge >= 0.3 is 0 Å². The summed E-state index contributed by atoms with van der Waals surface area (Å²) < 4.78 is 12.9. The second-order valence-electron chi connectivity index (χ2n) is 7.89. The van der Waals surface area contributed by atoms with Gasteiger partial charge in [-0.15, -0.1) is 0 Å². The van der Waals surface area contributed by atoms with Crippen LogP contribution in [0.15, 0.2) is 34.8 Å². The Morgan fingerprint density at radius 2 is 1.89 bits per heavy atom. The van der Waals surface area contributed by atoms with E-state index < -0.39 is 0 Å². The van der Waals surface area contributed by atoms with Gasteiger partial charge in [-0.3, -0.25) is 4.79 Å². The molecule has 0 bridgehead atoms. The maximum absolute atomic E-state index is 12.5. The quantitative estimate of drug-likeness (QED) is 0.725. The van der Waals surface area contributed by atoms with Crippen molar-refractivity contribution >= 4 is 21.8 Å². The van der Waals surface area contributed by atoms with E-state index in [9.17, 15) is 4.79 Å². The number of halogens is 1. The molecule has 144 valence electrons. The number of rotatable bonds is 4. The number of aryl methyl sites for hydroxylation is 3. The number of carbonyl (C=O) groups is 1. The lowest BCUT2D eigenvalue weighted by Gasteiger charge is -2.38. The van der Waals surface area contributed by atoms with E-state index in [4.69, 9.17) is 9.47 Å². The van der Waals surface area contributed by atoms with Crippen molar-refractivity contribution in [3.63, 3.8) is 0 Å². The van der Waals surface area contributed by atoms with E-state index >= 15 is 0 Å². The number of hydrogen-bond acceptors (Lipinski definition) is 3. The average molecular weight is 432 g/mol. The lowest BCUT2D eigenvalue weighted by Crippen LogP contribution is -2.42. The zero-order valence-electron chi connectivity index (χ0n) is 16.5. The van der Waals surface area contributed by atoms with Crippen LogP contribution in [0, 0.1) is 20.8 Å². The minimum absolute atomic E-state index is 0.0144. The van der Waals surface area contributed by atoms with Gasteiger partial charge in [-0.2, -0.15) is 0 Å². The number of ether oxygens (including phenoxy) is 2. The minimum Gasteiger partial charge on any atom is -0.487 e. The van der Waals surface area contributed by atoms with Crippen LogP contribution in [0.4, 0.5) is 0 Å². The van der Waals surface area contributed by atoms with Gasteiger partial charge in [0.25, 0.3) is 5.91 Å². The summed E-state index contributed by atoms with van der Waals surface area (Å²) in [6.07, 6.45) is 0.714. The highest BCUT2D eigenvalue weighted by atomic mass is 79.9. The minimum atomic E-state index is -0.332. The van der Waals surface area contributed by atoms with Crippen molar-refractivity contribution in [3.8, 4) is 11.5 Å². The van der Waals surface area contributed by atoms with Crippen LogP contribution in [0.1, 0.15) is 48.6 Å². The Balaban J connectivity index is 1.70. The Labute approximate surface area is 169 Å². The van der Waals surface area contributed by atoms with E-state index in [1.807, 2.05) is 58.9 Å². The number of hydrogen-bond donors (Lipinski definition) is 1. The highest BCUT2D eigenvalue weighted by molar-refractivity contribution is 9.10. The summed E-state index contributed by atoms with van der Waals surface area (Å²) in [5.41, 5.74) is 4.01. The zero-order chi connectivity index (χ0) is 19.8. The first-order valence-electron chi connectivity index (χ1n) is 9.13. The van der Waals surface area contributed by atoms with Gasteiger partial charge in [0, 0.05) is 16.5 Å². The molecule has 3 rings (SSSR count). The first kappa shape index (κ1) is 19.7. The first-order valence-corrected chi connectivity index (χ1v) is 9.92. The third kappa shape index (κ3) is 4.64. The summed E-state index contributed by atoms with van der Waals surface area (Å²) in [4.78, 5) is 12.5. The summed E-state index contributed by atoms with van der Waals surface area (Å²) in [5, 5.41) is 3.12. The molecule has 0 saturated carbocycles. The summed E-state index contributed by atoms with van der Waals surface area (Å²) in [5.74, 6) is 1.40. The average Bonchev–Trinajstić information content (AvgIpc) is 2.57. The number of fused-ring (bicyclic) bond motifs is 1. The smallest absolute Gasteiger partial charge is 0.258 e. The Hall–Kier alpha value is -2.01. The Kier molecular flexibility index (Phi) is 5.52. The van der Waals surface area contributed by atoms with Crippen LogP contribution in [-0.2, 0) is 4.79 Å². The van der Waals surface area contributed by atoms with E-state index in [2.05, 4.69) is 27.3 Å². The molecular formula is C22H26BrNO3. The molecule has 27 heavy (non-hydrogen) atoms. The van der Waals surface area contributed by atoms with Gasteiger partial charge in [0.1, 0.15) is 17.1 Å². The maximum atomic E-state index is 12.5. The van der Waals surface area contributed by atoms with Crippen molar-refractivity contribution in [1.82, 2.24) is 5.32 Å². The summed E-state index contributed by atoms with van der Waals surface area (Å²) in [7, 11) is 0. The first-order chi connectivity index (χ1) is 12.6. The third-order valence-corrected chi connectivity index (χ3v) is 5.99. The van der Waals surface area contributed by atoms with Gasteiger partial charge in [0.2, 0.25) is 0 Å². The van der Waals surface area contributed by atoms with Crippen LogP contribution in [0.2, 0.25) is 0 Å². The number of amides is 1. The van der Waals surface area contributed by atoms with Crippen molar-refractivity contribution in [1.29, 1.82) is 0 Å². The van der Waals surface area contributed by atoms with Crippen LogP contribution < -0.4 is 14.8 Å². The fourth-order valence-electron chi connectivity index (χ4n) is 3.48. The van der Waals surface area contributed by atoms with E-state index in [-0.39, 0.29) is 24.2 Å². The zero-order valence-corrected chi connectivity index (χ0v) is 18.1. The van der Waals surface area contributed by atoms with Crippen molar-refractivity contribution in [2.45, 2.75) is 52.7 Å². The predicted molar refractivity (Wildman–Crippen MR) is 110 cm³/mol. The largest absolute Gasteiger partial charge is 0.487 e. The van der Waals surface area contributed by atoms with Crippen LogP contribution in [0.3, 0.4) is 0 Å². The maximum Gasteiger partial charge on any atom is 0.258 e. The Bertz CT molecular complexity index is 853. The van der Waals surface area contributed by atoms with Crippen molar-refractivity contribution in [2.24, 2.45) is 0 Å². The molecule has 0 spiro atoms. The molecular weight excluding hydrogens is 406 g/mol. The molecule has 0 saturated heterocycles. The van der Waals surface area contributed by atoms with E-state index in [1.165, 1.54) is 0 Å². The van der Waals surface area contributed by atoms with Gasteiger partial charge < -0.3 is 14.8 Å². The molecule has 1 amide bonds. The number of benzene rings is 2. The van der Waals surface area contributed by atoms with Crippen molar-refractivity contribution in [3.05, 3.63) is 57.1 Å². The van der Waals surface area contributed by atoms with E-state index in [1.54, 1.807) is 0 Å². The molecule has 0 aromatic heterocycles. The lowest BCUT2D eigenvalue weighted by molar-refractivity contribution is -0.124. The summed E-state index contributed by atoms with van der Waals surface area (Å²) in [6, 6.07) is 9.86. The highest BCUT2D eigenvalue weighted by Crippen LogP contribution is 2.39. The fraction of sp³-hybridized carbons (Fsp3) is 0.409. The lowest BCUT2D eigenvalue weighted by atomic mass is 9.89. The molecule has 1 aliphatic rings. The third-order valence-electron chi connectivity index (χ3n) is 4.74. The topological polar surface area (TPSA) is 47.6 Å². The normalized spacial score (nSPS) is 17.6. The summed E-state index contributed by atoms with van der Waals surface area (Å²) >= 11 is 3.54. The SMILES string of the molecule is Cc1ccc2c(c1)C(NC(=O)COc1cc(C)c(Br)c(C)c1)CC(C)(C)O2. The van der Waals surface area contributed by atoms with Gasteiger partial charge in [0.05, 0.1) is 6.04 Å². The second-order valence-corrected chi connectivity index (χ2v) is 8.68. The summed E-state index contributed by atoms with van der Waals surface area (Å²) in [6.45, 7) is 10.1. The predicted octanol–water partition coefficient (Wildman–Crippen LogP) is 5.17. The molecule has 4 nitrogen and oxygen atoms in total. The van der Waals surface area contributed by atoms with Crippen molar-refractivity contribution in [2.75, 3.05) is 6.61 Å². The molecule has 2 aromatic carbocycles. The molecule has 1 N–H and O–H groups in total. The Morgan fingerprint density at radius 3 is 2.56 bits per heavy atom. The molecule has 1 aliphatic heterocycles. The van der Waals surface area contributed by atoms with Crippen molar-refractivity contribution < 1.29 is 14.3 Å².